The van der Waals surface area contributed by atoms with Crippen molar-refractivity contribution in [2.24, 2.45) is 5.92 Å². The van der Waals surface area contributed by atoms with E-state index in [0.717, 1.165) is 16.8 Å². The smallest absolute Gasteiger partial charge is 0.408 e. The molecule has 1 unspecified atom stereocenters. The first-order chi connectivity index (χ1) is 16.2. The van der Waals surface area contributed by atoms with E-state index >= 15 is 0 Å². The molecular weight excluding hydrogens is 454 g/mol. The molecule has 0 bridgehead atoms. The van der Waals surface area contributed by atoms with Gasteiger partial charge in [-0.3, -0.25) is 4.79 Å². The quantitative estimate of drug-likeness (QED) is 0.586. The lowest BCUT2D eigenvalue weighted by Gasteiger charge is -2.33. The highest BCUT2D eigenvalue weighted by molar-refractivity contribution is 7.17. The van der Waals surface area contributed by atoms with Crippen LogP contribution in [0.1, 0.15) is 50.9 Å². The molecule has 2 amide bonds. The molecule has 0 spiro atoms. The van der Waals surface area contributed by atoms with Crippen molar-refractivity contribution >= 4 is 39.5 Å². The van der Waals surface area contributed by atoms with Crippen LogP contribution in [-0.4, -0.2) is 52.9 Å². The van der Waals surface area contributed by atoms with E-state index in [-0.39, 0.29) is 18.0 Å². The number of thiophene rings is 1. The molecule has 2 aromatic heterocycles. The Labute approximate surface area is 203 Å². The minimum Gasteiger partial charge on any atom is -0.444 e. The zero-order chi connectivity index (χ0) is 24.3. The van der Waals surface area contributed by atoms with E-state index in [1.165, 1.54) is 11.3 Å². The van der Waals surface area contributed by atoms with Gasteiger partial charge in [0.1, 0.15) is 5.60 Å². The molecule has 1 saturated heterocycles. The molecular formula is C24H31N5O4S. The van der Waals surface area contributed by atoms with Gasteiger partial charge < -0.3 is 25.4 Å². The van der Waals surface area contributed by atoms with Gasteiger partial charge in [0.2, 0.25) is 5.95 Å². The van der Waals surface area contributed by atoms with Gasteiger partial charge in [-0.2, -0.15) is 0 Å². The van der Waals surface area contributed by atoms with Gasteiger partial charge in [-0.25, -0.2) is 14.8 Å². The Kier molecular flexibility index (Phi) is 7.18. The number of rotatable bonds is 5. The maximum Gasteiger partial charge on any atom is 0.408 e. The van der Waals surface area contributed by atoms with Crippen LogP contribution in [0.2, 0.25) is 0 Å². The summed E-state index contributed by atoms with van der Waals surface area (Å²) in [6, 6.07) is -0.449. The van der Waals surface area contributed by atoms with E-state index in [2.05, 4.69) is 38.9 Å². The monoisotopic (exact) mass is 485 g/mol. The van der Waals surface area contributed by atoms with E-state index in [1.54, 1.807) is 11.6 Å². The SMILES string of the molecule is CC1C=CC(NC(=O)c2csc3cnc(N[C@@H]4CCOC[C@@H]4NC(=O)OC(C)(C)C)nc23)=CC1. The highest BCUT2D eigenvalue weighted by atomic mass is 32.1. The standard InChI is InChI=1S/C24H31N5O4S/c1-14-5-7-15(8-6-14)26-21(30)16-13-34-19-11-25-22(29-20(16)19)27-17-9-10-32-12-18(17)28-23(31)33-24(2,3)4/h5,7-8,11,13-14,17-18H,6,9-10,12H2,1-4H3,(H,26,30)(H,28,31)(H,25,27,29)/t14?,17-,18+/m1/s1. The molecule has 2 aromatic rings. The number of carbonyl (C=O) groups excluding carboxylic acids is 2. The lowest BCUT2D eigenvalue weighted by atomic mass is 10.0. The lowest BCUT2D eigenvalue weighted by Crippen LogP contribution is -2.53. The van der Waals surface area contributed by atoms with Crippen molar-refractivity contribution in [1.82, 2.24) is 20.6 Å². The summed E-state index contributed by atoms with van der Waals surface area (Å²) in [6.45, 7) is 8.50. The number of alkyl carbamates (subject to hydrolysis) is 1. The van der Waals surface area contributed by atoms with E-state index in [1.807, 2.05) is 32.9 Å². The number of amides is 2. The van der Waals surface area contributed by atoms with Gasteiger partial charge in [0.25, 0.3) is 5.91 Å². The van der Waals surface area contributed by atoms with Crippen LogP contribution in [0.5, 0.6) is 0 Å². The molecule has 9 nitrogen and oxygen atoms in total. The molecule has 2 aliphatic rings. The first-order valence-electron chi connectivity index (χ1n) is 11.5. The van der Waals surface area contributed by atoms with Crippen LogP contribution in [0, 0.1) is 5.92 Å². The molecule has 1 aliphatic carbocycles. The van der Waals surface area contributed by atoms with Crippen LogP contribution < -0.4 is 16.0 Å². The summed E-state index contributed by atoms with van der Waals surface area (Å²) in [5.74, 6) is 0.674. The third kappa shape index (κ3) is 6.12. The number of hydrogen-bond donors (Lipinski definition) is 3. The number of nitrogens with zero attached hydrogens (tertiary/aromatic N) is 2. The van der Waals surface area contributed by atoms with Crippen molar-refractivity contribution in [3.8, 4) is 0 Å². The molecule has 0 aromatic carbocycles. The zero-order valence-corrected chi connectivity index (χ0v) is 20.7. The predicted molar refractivity (Wildman–Crippen MR) is 132 cm³/mol. The topological polar surface area (TPSA) is 114 Å². The Hall–Kier alpha value is -2.98. The fourth-order valence-electron chi connectivity index (χ4n) is 3.76. The lowest BCUT2D eigenvalue weighted by molar-refractivity contribution is 0.0317. The largest absolute Gasteiger partial charge is 0.444 e. The van der Waals surface area contributed by atoms with E-state index in [0.29, 0.717) is 42.6 Å². The number of nitrogens with one attached hydrogen (secondary N) is 3. The summed E-state index contributed by atoms with van der Waals surface area (Å²) in [5, 5.41) is 11.0. The maximum atomic E-state index is 12.9. The van der Waals surface area contributed by atoms with Crippen LogP contribution in [0.3, 0.4) is 0 Å². The van der Waals surface area contributed by atoms with Crippen molar-refractivity contribution in [1.29, 1.82) is 0 Å². The van der Waals surface area contributed by atoms with Gasteiger partial charge in [-0.05, 0) is 45.6 Å². The van der Waals surface area contributed by atoms with Gasteiger partial charge in [0.05, 0.1) is 40.7 Å². The Morgan fingerprint density at radius 1 is 1.26 bits per heavy atom. The van der Waals surface area contributed by atoms with Crippen molar-refractivity contribution < 1.29 is 19.1 Å². The molecule has 0 radical (unpaired) electrons. The van der Waals surface area contributed by atoms with Crippen molar-refractivity contribution in [3.05, 3.63) is 41.1 Å². The minimum absolute atomic E-state index is 0.144. The van der Waals surface area contributed by atoms with Gasteiger partial charge in [0.15, 0.2) is 0 Å². The summed E-state index contributed by atoms with van der Waals surface area (Å²) < 4.78 is 11.8. The molecule has 3 heterocycles. The average molecular weight is 486 g/mol. The van der Waals surface area contributed by atoms with Gasteiger partial charge in [-0.15, -0.1) is 11.3 Å². The summed E-state index contributed by atoms with van der Waals surface area (Å²) in [6.07, 6.45) is 8.83. The van der Waals surface area contributed by atoms with Gasteiger partial charge >= 0.3 is 6.09 Å². The van der Waals surface area contributed by atoms with Gasteiger partial charge in [0, 0.05) is 17.7 Å². The van der Waals surface area contributed by atoms with Crippen LogP contribution in [0.4, 0.5) is 10.7 Å². The Morgan fingerprint density at radius 2 is 2.09 bits per heavy atom. The fraction of sp³-hybridized carbons (Fsp3) is 0.500. The first kappa shape index (κ1) is 24.2. The molecule has 0 saturated carbocycles. The predicted octanol–water partition coefficient (Wildman–Crippen LogP) is 4.00. The van der Waals surface area contributed by atoms with E-state index in [4.69, 9.17) is 9.47 Å². The Balaban J connectivity index is 1.47. The normalized spacial score (nSPS) is 22.7. The van der Waals surface area contributed by atoms with Crippen molar-refractivity contribution in [2.45, 2.75) is 58.2 Å². The number of ether oxygens (including phenoxy) is 2. The van der Waals surface area contributed by atoms with E-state index in [9.17, 15) is 9.59 Å². The highest BCUT2D eigenvalue weighted by Gasteiger charge is 2.30. The maximum absolute atomic E-state index is 12.9. The van der Waals surface area contributed by atoms with Crippen LogP contribution >= 0.6 is 11.3 Å². The summed E-state index contributed by atoms with van der Waals surface area (Å²) >= 11 is 1.43. The second kappa shape index (κ2) is 10.1. The molecule has 1 fully saturated rings. The molecule has 4 rings (SSSR count). The summed E-state index contributed by atoms with van der Waals surface area (Å²) in [5.41, 5.74) is 1.31. The second-order valence-electron chi connectivity index (χ2n) is 9.61. The minimum atomic E-state index is -0.589. The molecule has 3 atom stereocenters. The molecule has 3 N–H and O–H groups in total. The van der Waals surface area contributed by atoms with E-state index < -0.39 is 11.7 Å². The second-order valence-corrected chi connectivity index (χ2v) is 10.5. The number of allylic oxidation sites excluding steroid dienone is 3. The number of hydrogen-bond acceptors (Lipinski definition) is 8. The van der Waals surface area contributed by atoms with Gasteiger partial charge in [-0.1, -0.05) is 19.1 Å². The molecule has 10 heteroatoms. The molecule has 182 valence electrons. The highest BCUT2D eigenvalue weighted by Crippen LogP contribution is 2.26. The Morgan fingerprint density at radius 3 is 2.82 bits per heavy atom. The van der Waals surface area contributed by atoms with Crippen molar-refractivity contribution in [3.63, 3.8) is 0 Å². The average Bonchev–Trinajstić information content (AvgIpc) is 3.19. The van der Waals surface area contributed by atoms with Crippen LogP contribution in [0.25, 0.3) is 10.2 Å². The summed E-state index contributed by atoms with van der Waals surface area (Å²) in [4.78, 5) is 34.2. The molecule has 34 heavy (non-hydrogen) atoms. The fourth-order valence-corrected chi connectivity index (χ4v) is 4.60. The third-order valence-corrected chi connectivity index (χ3v) is 6.41. The number of anilines is 1. The zero-order valence-electron chi connectivity index (χ0n) is 19.9. The van der Waals surface area contributed by atoms with Crippen LogP contribution in [0.15, 0.2) is 35.5 Å². The molecule has 1 aliphatic heterocycles. The van der Waals surface area contributed by atoms with Crippen LogP contribution in [-0.2, 0) is 9.47 Å². The summed E-state index contributed by atoms with van der Waals surface area (Å²) in [7, 11) is 0. The first-order valence-corrected chi connectivity index (χ1v) is 12.3. The van der Waals surface area contributed by atoms with Crippen molar-refractivity contribution in [2.75, 3.05) is 18.5 Å². The third-order valence-electron chi connectivity index (χ3n) is 5.50. The Bertz CT molecular complexity index is 1120. The number of aromatic nitrogens is 2. The number of fused-ring (bicyclic) bond motifs is 1. The number of carbonyl (C=O) groups is 2.